The highest BCUT2D eigenvalue weighted by molar-refractivity contribution is 9.10. The zero-order chi connectivity index (χ0) is 18.4. The smallest absolute Gasteiger partial charge is 0.262 e. The lowest BCUT2D eigenvalue weighted by Gasteiger charge is -2.26. The summed E-state index contributed by atoms with van der Waals surface area (Å²) in [7, 11) is 0. The third-order valence-electron chi connectivity index (χ3n) is 4.24. The molecule has 6 heteroatoms. The number of hydrogen-bond acceptors (Lipinski definition) is 3. The van der Waals surface area contributed by atoms with E-state index in [4.69, 9.17) is 4.74 Å². The minimum absolute atomic E-state index is 0.0566. The molecule has 0 saturated carbocycles. The van der Waals surface area contributed by atoms with Crippen molar-refractivity contribution in [1.82, 2.24) is 4.90 Å². The first-order valence-corrected chi connectivity index (χ1v) is 9.49. The number of rotatable bonds is 5. The van der Waals surface area contributed by atoms with Gasteiger partial charge in [-0.05, 0) is 67.8 Å². The van der Waals surface area contributed by atoms with Gasteiger partial charge in [0.25, 0.3) is 11.8 Å². The number of nitrogens with zero attached hydrogens (tertiary/aromatic N) is 1. The number of likely N-dealkylation sites (tertiary alicyclic amines) is 1. The summed E-state index contributed by atoms with van der Waals surface area (Å²) in [6.45, 7) is 1.57. The van der Waals surface area contributed by atoms with E-state index < -0.39 is 0 Å². The van der Waals surface area contributed by atoms with E-state index in [0.717, 1.165) is 30.4 Å². The molecule has 5 nitrogen and oxygen atoms in total. The third-order valence-corrected chi connectivity index (χ3v) is 4.77. The molecule has 2 aromatic rings. The van der Waals surface area contributed by atoms with E-state index in [9.17, 15) is 9.59 Å². The van der Waals surface area contributed by atoms with Gasteiger partial charge < -0.3 is 15.0 Å². The average molecular weight is 417 g/mol. The van der Waals surface area contributed by atoms with Crippen LogP contribution in [0.5, 0.6) is 5.75 Å². The Morgan fingerprint density at radius 2 is 1.62 bits per heavy atom. The molecule has 2 amide bonds. The summed E-state index contributed by atoms with van der Waals surface area (Å²) in [6.07, 6.45) is 3.33. The Morgan fingerprint density at radius 1 is 0.962 bits per heavy atom. The van der Waals surface area contributed by atoms with Crippen molar-refractivity contribution in [1.29, 1.82) is 0 Å². The summed E-state index contributed by atoms with van der Waals surface area (Å²) in [4.78, 5) is 26.3. The summed E-state index contributed by atoms with van der Waals surface area (Å²) in [6, 6.07) is 14.3. The molecule has 0 radical (unpaired) electrons. The molecule has 0 aliphatic carbocycles. The number of nitrogens with one attached hydrogen (secondary N) is 1. The molecule has 136 valence electrons. The highest BCUT2D eigenvalue weighted by Gasteiger charge is 2.18. The second-order valence-electron chi connectivity index (χ2n) is 6.22. The number of piperidine rings is 1. The molecule has 0 bridgehead atoms. The van der Waals surface area contributed by atoms with Gasteiger partial charge in [-0.2, -0.15) is 0 Å². The standard InChI is InChI=1S/C20H21BrN2O3/c21-16-6-10-18(11-7-16)26-14-19(24)22-17-8-4-15(5-9-17)20(25)23-12-2-1-3-13-23/h4-11H,1-3,12-14H2,(H,22,24). The van der Waals surface area contributed by atoms with Gasteiger partial charge >= 0.3 is 0 Å². The molecule has 3 rings (SSSR count). The number of carbonyl (C=O) groups excluding carboxylic acids is 2. The Morgan fingerprint density at radius 3 is 2.27 bits per heavy atom. The van der Waals surface area contributed by atoms with E-state index >= 15 is 0 Å². The van der Waals surface area contributed by atoms with Crippen molar-refractivity contribution in [3.63, 3.8) is 0 Å². The SMILES string of the molecule is O=C(COc1ccc(Br)cc1)Nc1ccc(C(=O)N2CCCCC2)cc1. The zero-order valence-corrected chi connectivity index (χ0v) is 16.0. The topological polar surface area (TPSA) is 58.6 Å². The quantitative estimate of drug-likeness (QED) is 0.797. The van der Waals surface area contributed by atoms with Gasteiger partial charge in [-0.3, -0.25) is 9.59 Å². The Labute approximate surface area is 161 Å². The summed E-state index contributed by atoms with van der Waals surface area (Å²) in [5.41, 5.74) is 1.29. The van der Waals surface area contributed by atoms with Gasteiger partial charge in [-0.1, -0.05) is 15.9 Å². The number of hydrogen-bond donors (Lipinski definition) is 1. The van der Waals surface area contributed by atoms with Gasteiger partial charge in [0.2, 0.25) is 0 Å². The van der Waals surface area contributed by atoms with Crippen LogP contribution in [0.1, 0.15) is 29.6 Å². The minimum Gasteiger partial charge on any atom is -0.484 e. The summed E-state index contributed by atoms with van der Waals surface area (Å²) < 4.78 is 6.39. The highest BCUT2D eigenvalue weighted by Crippen LogP contribution is 2.17. The second-order valence-corrected chi connectivity index (χ2v) is 7.14. The molecule has 1 aliphatic rings. The molecule has 1 heterocycles. The molecular formula is C20H21BrN2O3. The van der Waals surface area contributed by atoms with Gasteiger partial charge in [0.05, 0.1) is 0 Å². The fraction of sp³-hybridized carbons (Fsp3) is 0.300. The monoisotopic (exact) mass is 416 g/mol. The Balaban J connectivity index is 1.50. The average Bonchev–Trinajstić information content (AvgIpc) is 2.68. The molecule has 1 fully saturated rings. The Kier molecular flexibility index (Phi) is 6.28. The van der Waals surface area contributed by atoms with Crippen molar-refractivity contribution >= 4 is 33.4 Å². The van der Waals surface area contributed by atoms with Gasteiger partial charge in [-0.25, -0.2) is 0 Å². The molecule has 1 N–H and O–H groups in total. The molecule has 1 saturated heterocycles. The Bertz CT molecular complexity index is 754. The number of carbonyl (C=O) groups is 2. The molecule has 0 aromatic heterocycles. The zero-order valence-electron chi connectivity index (χ0n) is 14.4. The molecule has 26 heavy (non-hydrogen) atoms. The van der Waals surface area contributed by atoms with Gasteiger partial charge in [-0.15, -0.1) is 0 Å². The normalized spacial score (nSPS) is 14.0. The first-order chi connectivity index (χ1) is 12.6. The minimum atomic E-state index is -0.247. The number of amides is 2. The van der Waals surface area contributed by atoms with Crippen LogP contribution >= 0.6 is 15.9 Å². The number of ether oxygens (including phenoxy) is 1. The van der Waals surface area contributed by atoms with Crippen LogP contribution in [0.25, 0.3) is 0 Å². The van der Waals surface area contributed by atoms with Crippen molar-refractivity contribution < 1.29 is 14.3 Å². The van der Waals surface area contributed by atoms with E-state index in [1.807, 2.05) is 17.0 Å². The van der Waals surface area contributed by atoms with Crippen LogP contribution in [-0.2, 0) is 4.79 Å². The largest absolute Gasteiger partial charge is 0.484 e. The number of anilines is 1. The van der Waals surface area contributed by atoms with E-state index in [0.29, 0.717) is 17.0 Å². The van der Waals surface area contributed by atoms with Crippen LogP contribution in [0.3, 0.4) is 0 Å². The summed E-state index contributed by atoms with van der Waals surface area (Å²) in [5.74, 6) is 0.440. The fourth-order valence-electron chi connectivity index (χ4n) is 2.85. The number of halogens is 1. The van der Waals surface area contributed by atoms with E-state index in [-0.39, 0.29) is 18.4 Å². The lowest BCUT2D eigenvalue weighted by molar-refractivity contribution is -0.118. The van der Waals surface area contributed by atoms with E-state index in [1.165, 1.54) is 6.42 Å². The van der Waals surface area contributed by atoms with Crippen LogP contribution < -0.4 is 10.1 Å². The van der Waals surface area contributed by atoms with E-state index in [2.05, 4.69) is 21.2 Å². The van der Waals surface area contributed by atoms with Gasteiger partial charge in [0.15, 0.2) is 6.61 Å². The maximum absolute atomic E-state index is 12.4. The maximum atomic E-state index is 12.4. The van der Waals surface area contributed by atoms with Crippen LogP contribution in [0.2, 0.25) is 0 Å². The Hall–Kier alpha value is -2.34. The van der Waals surface area contributed by atoms with Crippen molar-refractivity contribution in [2.45, 2.75) is 19.3 Å². The van der Waals surface area contributed by atoms with Gasteiger partial charge in [0.1, 0.15) is 5.75 Å². The molecule has 0 unspecified atom stereocenters. The van der Waals surface area contributed by atoms with Crippen LogP contribution in [0.15, 0.2) is 53.0 Å². The maximum Gasteiger partial charge on any atom is 0.262 e. The second kappa shape index (κ2) is 8.85. The molecule has 0 atom stereocenters. The lowest BCUT2D eigenvalue weighted by atomic mass is 10.1. The van der Waals surface area contributed by atoms with Crippen molar-refractivity contribution in [2.24, 2.45) is 0 Å². The fourth-order valence-corrected chi connectivity index (χ4v) is 3.12. The molecule has 2 aromatic carbocycles. The molecule has 0 spiro atoms. The van der Waals surface area contributed by atoms with Crippen molar-refractivity contribution in [2.75, 3.05) is 25.0 Å². The first-order valence-electron chi connectivity index (χ1n) is 8.69. The van der Waals surface area contributed by atoms with Crippen molar-refractivity contribution in [3.05, 3.63) is 58.6 Å². The first kappa shape index (κ1) is 18.5. The summed E-state index contributed by atoms with van der Waals surface area (Å²) in [5, 5.41) is 2.77. The lowest BCUT2D eigenvalue weighted by Crippen LogP contribution is -2.35. The van der Waals surface area contributed by atoms with Crippen LogP contribution in [0, 0.1) is 0 Å². The third kappa shape index (κ3) is 5.08. The molecular weight excluding hydrogens is 396 g/mol. The van der Waals surface area contributed by atoms with Crippen LogP contribution in [-0.4, -0.2) is 36.4 Å². The van der Waals surface area contributed by atoms with Crippen LogP contribution in [0.4, 0.5) is 5.69 Å². The predicted molar refractivity (Wildman–Crippen MR) is 104 cm³/mol. The number of benzene rings is 2. The summed E-state index contributed by atoms with van der Waals surface area (Å²) >= 11 is 3.35. The van der Waals surface area contributed by atoms with E-state index in [1.54, 1.807) is 36.4 Å². The molecule has 1 aliphatic heterocycles. The van der Waals surface area contributed by atoms with Gasteiger partial charge in [0, 0.05) is 28.8 Å². The predicted octanol–water partition coefficient (Wildman–Crippen LogP) is 4.09. The highest BCUT2D eigenvalue weighted by atomic mass is 79.9. The van der Waals surface area contributed by atoms with Crippen molar-refractivity contribution in [3.8, 4) is 5.75 Å².